The second-order valence-corrected chi connectivity index (χ2v) is 10.5. The number of carbonyl (C=O) groups is 1. The maximum absolute atomic E-state index is 13.2. The molecule has 0 amide bonds. The van der Waals surface area contributed by atoms with Crippen LogP contribution in [0.2, 0.25) is 0 Å². The maximum Gasteiger partial charge on any atom is 0.312 e. The SMILES string of the molecule is CC.CCCCOC(C)Oc1ccc(C(C)(OC(=O)C(C)(C)CC)c2ccc(OC3CCCCO3)cc2)cc1. The van der Waals surface area contributed by atoms with Crippen LogP contribution >= 0.6 is 0 Å². The van der Waals surface area contributed by atoms with Gasteiger partial charge in [-0.3, -0.25) is 4.79 Å². The van der Waals surface area contributed by atoms with Gasteiger partial charge in [-0.15, -0.1) is 0 Å². The number of rotatable bonds is 13. The van der Waals surface area contributed by atoms with Crippen LogP contribution in [-0.4, -0.2) is 31.8 Å². The lowest BCUT2D eigenvalue weighted by atomic mass is 9.86. The first-order valence-corrected chi connectivity index (χ1v) is 14.7. The summed E-state index contributed by atoms with van der Waals surface area (Å²) < 4.78 is 29.6. The van der Waals surface area contributed by atoms with Crippen molar-refractivity contribution in [3.05, 3.63) is 59.7 Å². The fraction of sp³-hybridized carbons (Fsp3) is 0.606. The molecule has 218 valence electrons. The summed E-state index contributed by atoms with van der Waals surface area (Å²) in [5.41, 5.74) is 0.112. The highest BCUT2D eigenvalue weighted by molar-refractivity contribution is 5.77. The molecule has 6 heteroatoms. The van der Waals surface area contributed by atoms with Crippen molar-refractivity contribution in [1.29, 1.82) is 0 Å². The Kier molecular flexibility index (Phi) is 13.3. The first-order chi connectivity index (χ1) is 18.7. The second kappa shape index (κ2) is 15.9. The lowest BCUT2D eigenvalue weighted by molar-refractivity contribution is -0.166. The minimum atomic E-state index is -0.995. The largest absolute Gasteiger partial charge is 0.465 e. The van der Waals surface area contributed by atoms with Crippen LogP contribution in [0.3, 0.4) is 0 Å². The van der Waals surface area contributed by atoms with Crippen LogP contribution in [0.25, 0.3) is 0 Å². The van der Waals surface area contributed by atoms with E-state index in [9.17, 15) is 4.79 Å². The van der Waals surface area contributed by atoms with E-state index in [0.29, 0.717) is 18.8 Å². The molecule has 0 aromatic heterocycles. The van der Waals surface area contributed by atoms with Gasteiger partial charge in [-0.1, -0.05) is 58.4 Å². The van der Waals surface area contributed by atoms with Gasteiger partial charge >= 0.3 is 5.97 Å². The summed E-state index contributed by atoms with van der Waals surface area (Å²) in [4.78, 5) is 13.2. The number of benzene rings is 2. The molecular formula is C33H50O6. The van der Waals surface area contributed by atoms with Gasteiger partial charge in [0.15, 0.2) is 18.2 Å². The van der Waals surface area contributed by atoms with E-state index in [4.69, 9.17) is 23.7 Å². The van der Waals surface area contributed by atoms with E-state index >= 15 is 0 Å². The van der Waals surface area contributed by atoms with Crippen molar-refractivity contribution in [2.45, 2.75) is 112 Å². The highest BCUT2D eigenvalue weighted by atomic mass is 16.7. The van der Waals surface area contributed by atoms with Crippen LogP contribution in [0.4, 0.5) is 0 Å². The third kappa shape index (κ3) is 9.54. The fourth-order valence-corrected chi connectivity index (χ4v) is 4.03. The molecule has 1 aliphatic heterocycles. The highest BCUT2D eigenvalue weighted by Crippen LogP contribution is 2.38. The molecule has 6 nitrogen and oxygen atoms in total. The standard InChI is InChI=1S/C31H44O6.C2H6/c1-7-9-21-33-23(3)35-26-17-13-24(14-18-26)31(6,37-29(32)30(4,5)8-2)25-15-19-27(20-16-25)36-28-12-10-11-22-34-28;1-2/h13-20,23,28H,7-12,21-22H2,1-6H3;1-2H3. The number of carbonyl (C=O) groups excluding carboxylic acids is 1. The van der Waals surface area contributed by atoms with Crippen LogP contribution in [0, 0.1) is 5.41 Å². The van der Waals surface area contributed by atoms with Crippen LogP contribution in [0.15, 0.2) is 48.5 Å². The van der Waals surface area contributed by atoms with Gasteiger partial charge in [-0.05, 0) is 77.6 Å². The topological polar surface area (TPSA) is 63.2 Å². The molecule has 1 aliphatic rings. The smallest absolute Gasteiger partial charge is 0.312 e. The summed E-state index contributed by atoms with van der Waals surface area (Å²) in [5.74, 6) is 1.19. The molecule has 39 heavy (non-hydrogen) atoms. The Morgan fingerprint density at radius 2 is 1.54 bits per heavy atom. The van der Waals surface area contributed by atoms with E-state index in [1.807, 2.05) is 97.0 Å². The van der Waals surface area contributed by atoms with Crippen LogP contribution in [0.1, 0.15) is 105 Å². The molecule has 1 fully saturated rings. The van der Waals surface area contributed by atoms with E-state index in [1.54, 1.807) is 0 Å². The summed E-state index contributed by atoms with van der Waals surface area (Å²) >= 11 is 0. The first kappa shape index (κ1) is 32.6. The van der Waals surface area contributed by atoms with E-state index < -0.39 is 11.0 Å². The number of ether oxygens (including phenoxy) is 5. The van der Waals surface area contributed by atoms with E-state index in [0.717, 1.165) is 55.6 Å². The van der Waals surface area contributed by atoms with E-state index in [2.05, 4.69) is 6.92 Å². The van der Waals surface area contributed by atoms with Gasteiger partial charge in [0.25, 0.3) is 0 Å². The van der Waals surface area contributed by atoms with Gasteiger partial charge in [-0.2, -0.15) is 0 Å². The molecule has 0 bridgehead atoms. The summed E-state index contributed by atoms with van der Waals surface area (Å²) in [6.07, 6.45) is 5.27. The molecular weight excluding hydrogens is 492 g/mol. The number of hydrogen-bond donors (Lipinski definition) is 0. The summed E-state index contributed by atoms with van der Waals surface area (Å²) in [5, 5.41) is 0. The molecule has 0 spiro atoms. The Morgan fingerprint density at radius 1 is 0.949 bits per heavy atom. The monoisotopic (exact) mass is 542 g/mol. The lowest BCUT2D eigenvalue weighted by Gasteiger charge is -2.34. The minimum absolute atomic E-state index is 0.213. The van der Waals surface area contributed by atoms with Crippen molar-refractivity contribution < 1.29 is 28.5 Å². The third-order valence-corrected chi connectivity index (χ3v) is 7.10. The maximum atomic E-state index is 13.2. The molecule has 1 saturated heterocycles. The van der Waals surface area contributed by atoms with E-state index in [1.165, 1.54) is 0 Å². The average Bonchev–Trinajstić information content (AvgIpc) is 2.95. The number of unbranched alkanes of at least 4 members (excludes halogenated alkanes) is 1. The van der Waals surface area contributed by atoms with Crippen LogP contribution in [-0.2, 0) is 24.6 Å². The van der Waals surface area contributed by atoms with Crippen LogP contribution < -0.4 is 9.47 Å². The number of esters is 1. The Balaban J connectivity index is 0.00000260. The summed E-state index contributed by atoms with van der Waals surface area (Å²) in [6.45, 7) is 17.2. The van der Waals surface area contributed by atoms with Crippen molar-refractivity contribution in [3.63, 3.8) is 0 Å². The highest BCUT2D eigenvalue weighted by Gasteiger charge is 2.38. The zero-order valence-electron chi connectivity index (χ0n) is 25.4. The van der Waals surface area contributed by atoms with E-state index in [-0.39, 0.29) is 18.5 Å². The summed E-state index contributed by atoms with van der Waals surface area (Å²) in [7, 11) is 0. The van der Waals surface area contributed by atoms with Gasteiger partial charge in [0.05, 0.1) is 18.6 Å². The molecule has 0 radical (unpaired) electrons. The van der Waals surface area contributed by atoms with Gasteiger partial charge in [-0.25, -0.2) is 0 Å². The zero-order valence-corrected chi connectivity index (χ0v) is 25.4. The lowest BCUT2D eigenvalue weighted by Crippen LogP contribution is -2.36. The molecule has 0 aliphatic carbocycles. The Morgan fingerprint density at radius 3 is 2.05 bits per heavy atom. The molecule has 1 heterocycles. The van der Waals surface area contributed by atoms with Crippen molar-refractivity contribution >= 4 is 5.97 Å². The predicted octanol–water partition coefficient (Wildman–Crippen LogP) is 8.40. The molecule has 2 aromatic rings. The molecule has 2 aromatic carbocycles. The third-order valence-electron chi connectivity index (χ3n) is 7.10. The second-order valence-electron chi connectivity index (χ2n) is 10.5. The Labute approximate surface area is 236 Å². The molecule has 0 saturated carbocycles. The number of hydrogen-bond acceptors (Lipinski definition) is 6. The first-order valence-electron chi connectivity index (χ1n) is 14.7. The van der Waals surface area contributed by atoms with Crippen molar-refractivity contribution in [1.82, 2.24) is 0 Å². The fourth-order valence-electron chi connectivity index (χ4n) is 4.03. The van der Waals surface area contributed by atoms with Crippen molar-refractivity contribution in [2.75, 3.05) is 13.2 Å². The minimum Gasteiger partial charge on any atom is -0.465 e. The van der Waals surface area contributed by atoms with Gasteiger partial charge < -0.3 is 23.7 Å². The molecule has 3 atom stereocenters. The van der Waals surface area contributed by atoms with Gasteiger partial charge in [0.1, 0.15) is 11.5 Å². The van der Waals surface area contributed by atoms with Crippen LogP contribution in [0.5, 0.6) is 11.5 Å². The van der Waals surface area contributed by atoms with Crippen molar-refractivity contribution in [2.24, 2.45) is 5.41 Å². The summed E-state index contributed by atoms with van der Waals surface area (Å²) in [6, 6.07) is 15.4. The zero-order chi connectivity index (χ0) is 28.9. The van der Waals surface area contributed by atoms with Crippen molar-refractivity contribution in [3.8, 4) is 11.5 Å². The van der Waals surface area contributed by atoms with Gasteiger partial charge in [0, 0.05) is 17.5 Å². The molecule has 3 unspecified atom stereocenters. The molecule has 0 N–H and O–H groups in total. The Hall–Kier alpha value is -2.57. The quantitative estimate of drug-likeness (QED) is 0.144. The van der Waals surface area contributed by atoms with Gasteiger partial charge in [0.2, 0.25) is 0 Å². The normalized spacial score (nSPS) is 17.7. The molecule has 3 rings (SSSR count). The predicted molar refractivity (Wildman–Crippen MR) is 156 cm³/mol. The average molecular weight is 543 g/mol. The Bertz CT molecular complexity index is 963.